The maximum Gasteiger partial charge on any atom is 0.237 e. The Labute approximate surface area is 189 Å². The summed E-state index contributed by atoms with van der Waals surface area (Å²) in [5, 5.41) is 6.27. The van der Waals surface area contributed by atoms with E-state index < -0.39 is 0 Å². The Bertz CT molecular complexity index is 986. The molecule has 3 aromatic carbocycles. The van der Waals surface area contributed by atoms with E-state index >= 15 is 0 Å². The normalized spacial score (nSPS) is 15.3. The van der Waals surface area contributed by atoms with Crippen molar-refractivity contribution in [2.75, 3.05) is 13.1 Å². The fourth-order valence-electron chi connectivity index (χ4n) is 3.77. The van der Waals surface area contributed by atoms with Crippen LogP contribution in [0.3, 0.4) is 0 Å². The molecule has 166 valence electrons. The Hall–Kier alpha value is -3.31. The number of hydrogen-bond donors (Lipinski definition) is 2. The van der Waals surface area contributed by atoms with Crippen molar-refractivity contribution in [2.24, 2.45) is 0 Å². The van der Waals surface area contributed by atoms with Gasteiger partial charge in [-0.25, -0.2) is 0 Å². The van der Waals surface area contributed by atoms with Crippen LogP contribution in [0.4, 0.5) is 0 Å². The maximum atomic E-state index is 12.2. The first-order chi connectivity index (χ1) is 15.8. The number of amides is 1. The number of nitrogens with one attached hydrogen (secondary N) is 2. The predicted molar refractivity (Wildman–Crippen MR) is 126 cm³/mol. The standard InChI is InChI=1S/C27H30N2O3/c30-27(24-12-7-16-28-24)29-17-15-21-13-14-25(31-19-22-8-3-1-4-9-22)26(18-21)32-20-23-10-5-2-6-11-23/h1-6,8-11,13-14,18,24,28H,7,12,15-17,19-20H2,(H,29,30)/t24-/m0/s1. The molecule has 1 saturated heterocycles. The van der Waals surface area contributed by atoms with Gasteiger partial charge in [0.05, 0.1) is 6.04 Å². The highest BCUT2D eigenvalue weighted by molar-refractivity contribution is 5.81. The van der Waals surface area contributed by atoms with Crippen LogP contribution in [-0.4, -0.2) is 25.0 Å². The summed E-state index contributed by atoms with van der Waals surface area (Å²) < 4.78 is 12.2. The third kappa shape index (κ3) is 6.34. The molecule has 1 amide bonds. The van der Waals surface area contributed by atoms with Gasteiger partial charge in [-0.15, -0.1) is 0 Å². The number of benzene rings is 3. The third-order valence-corrected chi connectivity index (χ3v) is 5.57. The van der Waals surface area contributed by atoms with Gasteiger partial charge in [-0.1, -0.05) is 66.7 Å². The fourth-order valence-corrected chi connectivity index (χ4v) is 3.77. The SMILES string of the molecule is O=C(NCCc1ccc(OCc2ccccc2)c(OCc2ccccc2)c1)[C@@H]1CCCN1. The molecule has 0 spiro atoms. The summed E-state index contributed by atoms with van der Waals surface area (Å²) in [6.45, 7) is 2.46. The molecule has 5 nitrogen and oxygen atoms in total. The van der Waals surface area contributed by atoms with Crippen LogP contribution in [0.15, 0.2) is 78.9 Å². The summed E-state index contributed by atoms with van der Waals surface area (Å²) in [5.41, 5.74) is 3.30. The summed E-state index contributed by atoms with van der Waals surface area (Å²) >= 11 is 0. The number of carbonyl (C=O) groups is 1. The first-order valence-electron chi connectivity index (χ1n) is 11.3. The Morgan fingerprint density at radius 2 is 1.50 bits per heavy atom. The van der Waals surface area contributed by atoms with Crippen molar-refractivity contribution in [1.29, 1.82) is 0 Å². The van der Waals surface area contributed by atoms with E-state index in [1.165, 1.54) is 0 Å². The summed E-state index contributed by atoms with van der Waals surface area (Å²) in [6, 6.07) is 26.1. The molecule has 4 rings (SSSR count). The Morgan fingerprint density at radius 1 is 0.844 bits per heavy atom. The lowest BCUT2D eigenvalue weighted by molar-refractivity contribution is -0.122. The highest BCUT2D eigenvalue weighted by Crippen LogP contribution is 2.30. The first-order valence-corrected chi connectivity index (χ1v) is 11.3. The van der Waals surface area contributed by atoms with Gasteiger partial charge in [0.25, 0.3) is 0 Å². The van der Waals surface area contributed by atoms with Gasteiger partial charge in [0, 0.05) is 6.54 Å². The van der Waals surface area contributed by atoms with Crippen molar-refractivity contribution >= 4 is 5.91 Å². The molecule has 2 N–H and O–H groups in total. The minimum atomic E-state index is -0.0477. The number of rotatable bonds is 10. The van der Waals surface area contributed by atoms with Crippen LogP contribution in [-0.2, 0) is 24.4 Å². The molecule has 0 bridgehead atoms. The molecule has 0 unspecified atom stereocenters. The molecule has 5 heteroatoms. The second kappa shape index (κ2) is 11.3. The van der Waals surface area contributed by atoms with Gasteiger partial charge >= 0.3 is 0 Å². The number of ether oxygens (including phenoxy) is 2. The van der Waals surface area contributed by atoms with E-state index in [4.69, 9.17) is 9.47 Å². The summed E-state index contributed by atoms with van der Waals surface area (Å²) in [7, 11) is 0. The van der Waals surface area contributed by atoms with E-state index in [9.17, 15) is 4.79 Å². The molecular weight excluding hydrogens is 400 g/mol. The van der Waals surface area contributed by atoms with Crippen molar-refractivity contribution in [3.63, 3.8) is 0 Å². The molecule has 1 aliphatic heterocycles. The average molecular weight is 431 g/mol. The second-order valence-corrected chi connectivity index (χ2v) is 8.02. The van der Waals surface area contributed by atoms with Crippen LogP contribution in [0.5, 0.6) is 11.5 Å². The van der Waals surface area contributed by atoms with Gasteiger partial charge in [0.15, 0.2) is 11.5 Å². The Balaban J connectivity index is 1.39. The highest BCUT2D eigenvalue weighted by atomic mass is 16.5. The zero-order valence-corrected chi connectivity index (χ0v) is 18.3. The van der Waals surface area contributed by atoms with Gasteiger partial charge in [-0.3, -0.25) is 4.79 Å². The van der Waals surface area contributed by atoms with Crippen molar-refractivity contribution in [3.05, 3.63) is 95.6 Å². The summed E-state index contributed by atoms with van der Waals surface area (Å²) in [4.78, 5) is 12.2. The van der Waals surface area contributed by atoms with Gasteiger partial charge in [0.1, 0.15) is 13.2 Å². The van der Waals surface area contributed by atoms with Gasteiger partial charge < -0.3 is 20.1 Å². The molecule has 0 aromatic heterocycles. The van der Waals surface area contributed by atoms with Crippen molar-refractivity contribution in [2.45, 2.75) is 38.5 Å². The van der Waals surface area contributed by atoms with E-state index in [-0.39, 0.29) is 11.9 Å². The quantitative estimate of drug-likeness (QED) is 0.505. The average Bonchev–Trinajstić information content (AvgIpc) is 3.39. The first kappa shape index (κ1) is 21.9. The van der Waals surface area contributed by atoms with Crippen LogP contribution in [0.25, 0.3) is 0 Å². The van der Waals surface area contributed by atoms with Gasteiger partial charge in [-0.2, -0.15) is 0 Å². The molecule has 32 heavy (non-hydrogen) atoms. The minimum Gasteiger partial charge on any atom is -0.485 e. The van der Waals surface area contributed by atoms with Crippen LogP contribution in [0, 0.1) is 0 Å². The Morgan fingerprint density at radius 3 is 2.12 bits per heavy atom. The van der Waals surface area contributed by atoms with Crippen LogP contribution >= 0.6 is 0 Å². The topological polar surface area (TPSA) is 59.6 Å². The molecule has 0 saturated carbocycles. The number of hydrogen-bond acceptors (Lipinski definition) is 4. The van der Waals surface area contributed by atoms with Crippen LogP contribution in [0.2, 0.25) is 0 Å². The molecule has 3 aromatic rings. The lowest BCUT2D eigenvalue weighted by Gasteiger charge is -2.15. The molecular formula is C27H30N2O3. The molecule has 1 fully saturated rings. The van der Waals surface area contributed by atoms with Gasteiger partial charge in [0.2, 0.25) is 5.91 Å². The van der Waals surface area contributed by atoms with Crippen LogP contribution in [0.1, 0.15) is 29.5 Å². The van der Waals surface area contributed by atoms with Crippen molar-refractivity contribution in [1.82, 2.24) is 10.6 Å². The minimum absolute atomic E-state index is 0.0477. The molecule has 0 radical (unpaired) electrons. The zero-order valence-electron chi connectivity index (χ0n) is 18.3. The largest absolute Gasteiger partial charge is 0.485 e. The summed E-state index contributed by atoms with van der Waals surface area (Å²) in [5.74, 6) is 1.52. The number of carbonyl (C=O) groups excluding carboxylic acids is 1. The molecule has 1 heterocycles. The van der Waals surface area contributed by atoms with E-state index in [0.717, 1.165) is 42.5 Å². The van der Waals surface area contributed by atoms with Crippen molar-refractivity contribution in [3.8, 4) is 11.5 Å². The lowest BCUT2D eigenvalue weighted by Crippen LogP contribution is -2.41. The van der Waals surface area contributed by atoms with Gasteiger partial charge in [-0.05, 0) is 54.6 Å². The van der Waals surface area contributed by atoms with E-state index in [1.807, 2.05) is 78.9 Å². The van der Waals surface area contributed by atoms with E-state index in [1.54, 1.807) is 0 Å². The molecule has 0 aliphatic carbocycles. The highest BCUT2D eigenvalue weighted by Gasteiger charge is 2.21. The van der Waals surface area contributed by atoms with E-state index in [2.05, 4.69) is 10.6 Å². The van der Waals surface area contributed by atoms with Crippen molar-refractivity contribution < 1.29 is 14.3 Å². The van der Waals surface area contributed by atoms with Crippen LogP contribution < -0.4 is 20.1 Å². The molecule has 1 aliphatic rings. The predicted octanol–water partition coefficient (Wildman–Crippen LogP) is 4.26. The van der Waals surface area contributed by atoms with E-state index in [0.29, 0.717) is 31.3 Å². The Kier molecular flexibility index (Phi) is 7.77. The maximum absolute atomic E-state index is 12.2. The fraction of sp³-hybridized carbons (Fsp3) is 0.296. The summed E-state index contributed by atoms with van der Waals surface area (Å²) in [6.07, 6.45) is 2.71. The lowest BCUT2D eigenvalue weighted by atomic mass is 10.1. The zero-order chi connectivity index (χ0) is 22.0. The molecule has 1 atom stereocenters. The second-order valence-electron chi connectivity index (χ2n) is 8.02. The monoisotopic (exact) mass is 430 g/mol. The smallest absolute Gasteiger partial charge is 0.237 e. The third-order valence-electron chi connectivity index (χ3n) is 5.57.